The largest absolute Gasteiger partial charge is 0.481 e. The van der Waals surface area contributed by atoms with Gasteiger partial charge in [0.2, 0.25) is 0 Å². The lowest BCUT2D eigenvalue weighted by Crippen LogP contribution is -2.29. The van der Waals surface area contributed by atoms with Crippen LogP contribution in [0.5, 0.6) is 0 Å². The van der Waals surface area contributed by atoms with Crippen LogP contribution < -0.4 is 0 Å². The average Bonchev–Trinajstić information content (AvgIpc) is 3.19. The van der Waals surface area contributed by atoms with Gasteiger partial charge in [-0.1, -0.05) is 5.21 Å². The van der Waals surface area contributed by atoms with Crippen LogP contribution in [0.4, 0.5) is 0 Å². The Bertz CT molecular complexity index is 779. The first kappa shape index (κ1) is 16.2. The van der Waals surface area contributed by atoms with Crippen molar-refractivity contribution < 1.29 is 14.7 Å². The van der Waals surface area contributed by atoms with Crippen LogP contribution in [0.25, 0.3) is 0 Å². The smallest absolute Gasteiger partial charge is 0.303 e. The summed E-state index contributed by atoms with van der Waals surface area (Å²) in [6, 6.07) is 1.81. The topological polar surface area (TPSA) is 93.2 Å². The Hall–Kier alpha value is -2.64. The van der Waals surface area contributed by atoms with Crippen molar-refractivity contribution in [1.29, 1.82) is 0 Å². The minimum Gasteiger partial charge on any atom is -0.481 e. The molecule has 0 radical (unpaired) electrons. The number of carboxylic acids is 1. The summed E-state index contributed by atoms with van der Waals surface area (Å²) < 4.78 is 3.50. The molecular formula is C16H21N5O3. The van der Waals surface area contributed by atoms with Crippen molar-refractivity contribution in [2.75, 3.05) is 13.1 Å². The summed E-state index contributed by atoms with van der Waals surface area (Å²) >= 11 is 0. The van der Waals surface area contributed by atoms with E-state index in [0.717, 1.165) is 11.4 Å². The van der Waals surface area contributed by atoms with Gasteiger partial charge in [-0.15, -0.1) is 5.10 Å². The number of hydrogen-bond acceptors (Lipinski definition) is 4. The van der Waals surface area contributed by atoms with Crippen molar-refractivity contribution in [2.45, 2.75) is 19.3 Å². The molecule has 2 aromatic heterocycles. The van der Waals surface area contributed by atoms with Crippen LogP contribution in [0, 0.1) is 12.8 Å². The van der Waals surface area contributed by atoms with Gasteiger partial charge in [0.1, 0.15) is 0 Å². The molecule has 0 bridgehead atoms. The van der Waals surface area contributed by atoms with Crippen molar-refractivity contribution in [3.8, 4) is 0 Å². The molecule has 8 heteroatoms. The van der Waals surface area contributed by atoms with E-state index < -0.39 is 5.97 Å². The number of carbonyl (C=O) groups excluding carboxylic acids is 1. The van der Waals surface area contributed by atoms with Gasteiger partial charge >= 0.3 is 5.97 Å². The first-order valence-corrected chi connectivity index (χ1v) is 7.86. The lowest BCUT2D eigenvalue weighted by atomic mass is 9.91. The maximum absolute atomic E-state index is 12.8. The normalized spacial score (nSPS) is 20.5. The summed E-state index contributed by atoms with van der Waals surface area (Å²) in [5, 5.41) is 17.2. The van der Waals surface area contributed by atoms with E-state index in [4.69, 9.17) is 0 Å². The maximum Gasteiger partial charge on any atom is 0.303 e. The number of hydrogen-bond donors (Lipinski definition) is 1. The Morgan fingerprint density at radius 3 is 2.62 bits per heavy atom. The molecule has 24 heavy (non-hydrogen) atoms. The van der Waals surface area contributed by atoms with Crippen molar-refractivity contribution in [3.63, 3.8) is 0 Å². The molecule has 1 fully saturated rings. The molecule has 1 N–H and O–H groups in total. The highest BCUT2D eigenvalue weighted by molar-refractivity contribution is 5.95. The van der Waals surface area contributed by atoms with Crippen LogP contribution in [0.1, 0.15) is 34.1 Å². The summed E-state index contributed by atoms with van der Waals surface area (Å²) in [4.78, 5) is 25.7. The minimum atomic E-state index is -0.862. The molecule has 1 amide bonds. The molecule has 1 saturated heterocycles. The van der Waals surface area contributed by atoms with Crippen molar-refractivity contribution >= 4 is 11.9 Å². The fourth-order valence-electron chi connectivity index (χ4n) is 3.34. The van der Waals surface area contributed by atoms with E-state index in [9.17, 15) is 14.7 Å². The van der Waals surface area contributed by atoms with E-state index in [1.807, 2.05) is 24.7 Å². The molecule has 2 aromatic rings. The average molecular weight is 331 g/mol. The molecule has 0 unspecified atom stereocenters. The number of aliphatic carboxylic acids is 1. The fourth-order valence-corrected chi connectivity index (χ4v) is 3.34. The van der Waals surface area contributed by atoms with Gasteiger partial charge in [-0.05, 0) is 18.9 Å². The predicted octanol–water partition coefficient (Wildman–Crippen LogP) is 0.793. The van der Waals surface area contributed by atoms with Crippen LogP contribution in [0.15, 0.2) is 18.5 Å². The SMILES string of the molecule is Cc1c(C(=O)N2C[C@H](CC(=O)O)[C@H](c3cn(C)nn3)C2)ccn1C. The van der Waals surface area contributed by atoms with E-state index in [-0.39, 0.29) is 24.2 Å². The predicted molar refractivity (Wildman–Crippen MR) is 85.5 cm³/mol. The van der Waals surface area contributed by atoms with Gasteiger partial charge in [0.05, 0.1) is 17.7 Å². The molecular weight excluding hydrogens is 310 g/mol. The van der Waals surface area contributed by atoms with Gasteiger partial charge < -0.3 is 14.6 Å². The third-order valence-electron chi connectivity index (χ3n) is 4.78. The van der Waals surface area contributed by atoms with Gasteiger partial charge in [0.15, 0.2) is 0 Å². The van der Waals surface area contributed by atoms with E-state index in [0.29, 0.717) is 18.7 Å². The molecule has 3 rings (SSSR count). The summed E-state index contributed by atoms with van der Waals surface area (Å²) in [5.74, 6) is -1.19. The number of likely N-dealkylation sites (tertiary alicyclic amines) is 1. The Morgan fingerprint density at radius 2 is 2.08 bits per heavy atom. The maximum atomic E-state index is 12.8. The molecule has 0 spiro atoms. The molecule has 0 saturated carbocycles. The Morgan fingerprint density at radius 1 is 1.33 bits per heavy atom. The quantitative estimate of drug-likeness (QED) is 0.894. The standard InChI is InChI=1S/C16H21N5O3/c1-10-12(4-5-19(10)2)16(24)21-7-11(6-15(22)23)13(8-21)14-9-20(3)18-17-14/h4-5,9,11,13H,6-8H2,1-3H3,(H,22,23)/t11-,13+/m0/s1. The van der Waals surface area contributed by atoms with Crippen LogP contribution >= 0.6 is 0 Å². The third-order valence-corrected chi connectivity index (χ3v) is 4.78. The van der Waals surface area contributed by atoms with E-state index in [2.05, 4.69) is 10.3 Å². The number of carboxylic acid groups (broad SMARTS) is 1. The van der Waals surface area contributed by atoms with Gasteiger partial charge in [0.25, 0.3) is 5.91 Å². The number of aryl methyl sites for hydroxylation is 2. The number of amides is 1. The number of rotatable bonds is 4. The molecule has 0 aromatic carbocycles. The van der Waals surface area contributed by atoms with Crippen LogP contribution in [0.3, 0.4) is 0 Å². The van der Waals surface area contributed by atoms with Crippen LogP contribution in [-0.2, 0) is 18.9 Å². The lowest BCUT2D eigenvalue weighted by molar-refractivity contribution is -0.138. The zero-order valence-corrected chi connectivity index (χ0v) is 14.0. The fraction of sp³-hybridized carbons (Fsp3) is 0.500. The Labute approximate surface area is 139 Å². The zero-order valence-electron chi connectivity index (χ0n) is 14.0. The Balaban J connectivity index is 1.84. The highest BCUT2D eigenvalue weighted by Crippen LogP contribution is 2.34. The minimum absolute atomic E-state index is 0.0127. The van der Waals surface area contributed by atoms with Crippen molar-refractivity contribution in [2.24, 2.45) is 20.0 Å². The molecule has 1 aliphatic rings. The van der Waals surface area contributed by atoms with Gasteiger partial charge in [-0.2, -0.15) is 0 Å². The summed E-state index contributed by atoms with van der Waals surface area (Å²) in [5.41, 5.74) is 2.30. The van der Waals surface area contributed by atoms with Gasteiger partial charge in [-0.25, -0.2) is 0 Å². The second-order valence-corrected chi connectivity index (χ2v) is 6.42. The summed E-state index contributed by atoms with van der Waals surface area (Å²) in [7, 11) is 3.67. The van der Waals surface area contributed by atoms with Crippen molar-refractivity contribution in [1.82, 2.24) is 24.5 Å². The van der Waals surface area contributed by atoms with Gasteiger partial charge in [-0.3, -0.25) is 14.3 Å². The number of nitrogens with zero attached hydrogens (tertiary/aromatic N) is 5. The third kappa shape index (κ3) is 2.91. The Kier molecular flexibility index (Phi) is 4.13. The van der Waals surface area contributed by atoms with Gasteiger partial charge in [0, 0.05) is 51.2 Å². The zero-order chi connectivity index (χ0) is 17.4. The summed E-state index contributed by atoms with van der Waals surface area (Å²) in [6.45, 7) is 2.78. The molecule has 8 nitrogen and oxygen atoms in total. The number of carbonyl (C=O) groups is 2. The molecule has 0 aliphatic carbocycles. The number of aromatic nitrogens is 4. The van der Waals surface area contributed by atoms with Crippen molar-refractivity contribution in [3.05, 3.63) is 35.4 Å². The first-order valence-electron chi connectivity index (χ1n) is 7.86. The molecule has 1 aliphatic heterocycles. The molecule has 3 heterocycles. The van der Waals surface area contributed by atoms with Crippen LogP contribution in [-0.4, -0.2) is 54.5 Å². The van der Waals surface area contributed by atoms with Crippen LogP contribution in [0.2, 0.25) is 0 Å². The highest BCUT2D eigenvalue weighted by atomic mass is 16.4. The first-order chi connectivity index (χ1) is 11.4. The highest BCUT2D eigenvalue weighted by Gasteiger charge is 2.39. The van der Waals surface area contributed by atoms with E-state index in [1.165, 1.54) is 0 Å². The van der Waals surface area contributed by atoms with E-state index in [1.54, 1.807) is 28.9 Å². The molecule has 2 atom stereocenters. The second kappa shape index (κ2) is 6.10. The summed E-state index contributed by atoms with van der Waals surface area (Å²) in [6.07, 6.45) is 3.66. The molecule has 128 valence electrons. The lowest BCUT2D eigenvalue weighted by Gasteiger charge is -2.16. The second-order valence-electron chi connectivity index (χ2n) is 6.42. The monoisotopic (exact) mass is 331 g/mol. The van der Waals surface area contributed by atoms with E-state index >= 15 is 0 Å².